The van der Waals surface area contributed by atoms with E-state index >= 15 is 0 Å². The molecular formula is C18H25N5O3S. The van der Waals surface area contributed by atoms with Gasteiger partial charge in [-0.15, -0.1) is 16.9 Å². The molecule has 9 heteroatoms. The first-order valence-corrected chi connectivity index (χ1v) is 10.2. The number of carbonyl (C=O) groups excluding carboxylic acids is 1. The SMILES string of the molecule is COc1ccc(CNC(=O)CSCc2nnnn2C2CCCC2)cc1OC. The summed E-state index contributed by atoms with van der Waals surface area (Å²) in [5.74, 6) is 3.15. The molecule has 0 saturated heterocycles. The van der Waals surface area contributed by atoms with Gasteiger partial charge in [-0.1, -0.05) is 18.9 Å². The number of hydrogen-bond donors (Lipinski definition) is 1. The Kier molecular flexibility index (Phi) is 6.92. The maximum absolute atomic E-state index is 12.1. The van der Waals surface area contributed by atoms with E-state index in [4.69, 9.17) is 9.47 Å². The highest BCUT2D eigenvalue weighted by Crippen LogP contribution is 2.30. The zero-order valence-electron chi connectivity index (χ0n) is 15.7. The predicted octanol–water partition coefficient (Wildman–Crippen LogP) is 2.35. The molecule has 1 aliphatic rings. The van der Waals surface area contributed by atoms with Gasteiger partial charge in [0.05, 0.1) is 31.8 Å². The summed E-state index contributed by atoms with van der Waals surface area (Å²) in [6.07, 6.45) is 4.73. The number of amides is 1. The van der Waals surface area contributed by atoms with Crippen LogP contribution in [-0.2, 0) is 17.1 Å². The molecule has 1 amide bonds. The highest BCUT2D eigenvalue weighted by molar-refractivity contribution is 7.99. The maximum Gasteiger partial charge on any atom is 0.230 e. The highest BCUT2D eigenvalue weighted by atomic mass is 32.2. The van der Waals surface area contributed by atoms with Crippen molar-refractivity contribution in [3.8, 4) is 11.5 Å². The smallest absolute Gasteiger partial charge is 0.230 e. The second-order valence-corrected chi connectivity index (χ2v) is 7.42. The van der Waals surface area contributed by atoms with Crippen LogP contribution in [0.2, 0.25) is 0 Å². The molecule has 0 aliphatic heterocycles. The van der Waals surface area contributed by atoms with Crippen molar-refractivity contribution in [3.05, 3.63) is 29.6 Å². The summed E-state index contributed by atoms with van der Waals surface area (Å²) in [5.41, 5.74) is 0.955. The number of thioether (sulfide) groups is 1. The number of nitrogens with zero attached hydrogens (tertiary/aromatic N) is 4. The lowest BCUT2D eigenvalue weighted by Gasteiger charge is -2.11. The first kappa shape index (κ1) is 19.5. The molecule has 1 N–H and O–H groups in total. The van der Waals surface area contributed by atoms with Crippen LogP contribution in [0.1, 0.15) is 43.1 Å². The van der Waals surface area contributed by atoms with Gasteiger partial charge in [0.1, 0.15) is 0 Å². The monoisotopic (exact) mass is 391 g/mol. The topological polar surface area (TPSA) is 91.2 Å². The maximum atomic E-state index is 12.1. The minimum Gasteiger partial charge on any atom is -0.493 e. The molecule has 1 fully saturated rings. The average molecular weight is 391 g/mol. The number of hydrogen-bond acceptors (Lipinski definition) is 7. The number of benzene rings is 1. The van der Waals surface area contributed by atoms with E-state index in [0.29, 0.717) is 35.6 Å². The molecular weight excluding hydrogens is 366 g/mol. The van der Waals surface area contributed by atoms with Crippen molar-refractivity contribution in [3.63, 3.8) is 0 Å². The molecule has 0 bridgehead atoms. The minimum absolute atomic E-state index is 0.0188. The van der Waals surface area contributed by atoms with Gasteiger partial charge < -0.3 is 14.8 Å². The van der Waals surface area contributed by atoms with Crippen molar-refractivity contribution in [1.82, 2.24) is 25.5 Å². The van der Waals surface area contributed by atoms with Gasteiger partial charge in [-0.2, -0.15) is 0 Å². The average Bonchev–Trinajstić information content (AvgIpc) is 3.37. The first-order valence-electron chi connectivity index (χ1n) is 9.03. The van der Waals surface area contributed by atoms with Crippen LogP contribution in [0.3, 0.4) is 0 Å². The fraction of sp³-hybridized carbons (Fsp3) is 0.556. The number of tetrazole rings is 1. The van der Waals surface area contributed by atoms with Crippen molar-refractivity contribution >= 4 is 17.7 Å². The number of aromatic nitrogens is 4. The molecule has 0 atom stereocenters. The second kappa shape index (κ2) is 9.59. The van der Waals surface area contributed by atoms with Crippen LogP contribution in [0.15, 0.2) is 18.2 Å². The lowest BCUT2D eigenvalue weighted by atomic mass is 10.2. The molecule has 0 radical (unpaired) electrons. The Morgan fingerprint density at radius 2 is 2.04 bits per heavy atom. The molecule has 1 aliphatic carbocycles. The Morgan fingerprint density at radius 3 is 2.78 bits per heavy atom. The normalized spacial score (nSPS) is 14.3. The standard InChI is InChI=1S/C18H25N5O3S/c1-25-15-8-7-13(9-16(15)26-2)10-19-18(24)12-27-11-17-20-21-22-23(17)14-5-3-4-6-14/h7-9,14H,3-6,10-12H2,1-2H3,(H,19,24). The van der Waals surface area contributed by atoms with E-state index in [2.05, 4.69) is 20.8 Å². The van der Waals surface area contributed by atoms with E-state index in [1.165, 1.54) is 24.6 Å². The largest absolute Gasteiger partial charge is 0.493 e. The van der Waals surface area contributed by atoms with Gasteiger partial charge in [-0.3, -0.25) is 4.79 Å². The molecule has 0 unspecified atom stereocenters. The molecule has 0 spiro atoms. The summed E-state index contributed by atoms with van der Waals surface area (Å²) in [7, 11) is 3.19. The van der Waals surface area contributed by atoms with Gasteiger partial charge in [-0.05, 0) is 41.0 Å². The molecule has 1 aromatic heterocycles. The Bertz CT molecular complexity index is 761. The van der Waals surface area contributed by atoms with Gasteiger partial charge in [0.25, 0.3) is 0 Å². The number of carbonyl (C=O) groups is 1. The van der Waals surface area contributed by atoms with Crippen molar-refractivity contribution in [2.75, 3.05) is 20.0 Å². The van der Waals surface area contributed by atoms with Crippen LogP contribution >= 0.6 is 11.8 Å². The second-order valence-electron chi connectivity index (χ2n) is 6.44. The molecule has 146 valence electrons. The molecule has 3 rings (SSSR count). The van der Waals surface area contributed by atoms with Crippen molar-refractivity contribution in [2.45, 2.75) is 44.0 Å². The number of ether oxygens (including phenoxy) is 2. The van der Waals surface area contributed by atoms with Gasteiger partial charge in [0.2, 0.25) is 5.91 Å². The van der Waals surface area contributed by atoms with Crippen molar-refractivity contribution < 1.29 is 14.3 Å². The third-order valence-corrected chi connectivity index (χ3v) is 5.56. The summed E-state index contributed by atoms with van der Waals surface area (Å²) in [6, 6.07) is 6.01. The lowest BCUT2D eigenvalue weighted by molar-refractivity contribution is -0.118. The summed E-state index contributed by atoms with van der Waals surface area (Å²) < 4.78 is 12.4. The molecule has 1 heterocycles. The van der Waals surface area contributed by atoms with E-state index in [-0.39, 0.29) is 5.91 Å². The van der Waals surface area contributed by atoms with Gasteiger partial charge in [0, 0.05) is 6.54 Å². The van der Waals surface area contributed by atoms with Crippen LogP contribution < -0.4 is 14.8 Å². The molecule has 1 aromatic carbocycles. The number of rotatable bonds is 9. The van der Waals surface area contributed by atoms with Crippen LogP contribution in [0.25, 0.3) is 0 Å². The van der Waals surface area contributed by atoms with Gasteiger partial charge >= 0.3 is 0 Å². The third kappa shape index (κ3) is 5.12. The highest BCUT2D eigenvalue weighted by Gasteiger charge is 2.21. The molecule has 2 aromatic rings. The quantitative estimate of drug-likeness (QED) is 0.701. The molecule has 1 saturated carbocycles. The zero-order valence-corrected chi connectivity index (χ0v) is 16.5. The van der Waals surface area contributed by atoms with Crippen LogP contribution in [0, 0.1) is 0 Å². The van der Waals surface area contributed by atoms with E-state index in [1.54, 1.807) is 14.2 Å². The summed E-state index contributed by atoms with van der Waals surface area (Å²) in [4.78, 5) is 12.1. The van der Waals surface area contributed by atoms with Crippen LogP contribution in [0.4, 0.5) is 0 Å². The van der Waals surface area contributed by atoms with E-state index in [9.17, 15) is 4.79 Å². The Balaban J connectivity index is 1.43. The lowest BCUT2D eigenvalue weighted by Crippen LogP contribution is -2.24. The number of nitrogens with one attached hydrogen (secondary N) is 1. The van der Waals surface area contributed by atoms with E-state index < -0.39 is 0 Å². The van der Waals surface area contributed by atoms with E-state index in [0.717, 1.165) is 24.2 Å². The number of methoxy groups -OCH3 is 2. The fourth-order valence-electron chi connectivity index (χ4n) is 3.22. The first-order chi connectivity index (χ1) is 13.2. The van der Waals surface area contributed by atoms with Crippen molar-refractivity contribution in [1.29, 1.82) is 0 Å². The minimum atomic E-state index is -0.0188. The molecule has 8 nitrogen and oxygen atoms in total. The predicted molar refractivity (Wildman–Crippen MR) is 103 cm³/mol. The third-order valence-electron chi connectivity index (χ3n) is 4.63. The van der Waals surface area contributed by atoms with Crippen molar-refractivity contribution in [2.24, 2.45) is 0 Å². The van der Waals surface area contributed by atoms with Crippen LogP contribution in [-0.4, -0.2) is 46.1 Å². The zero-order chi connectivity index (χ0) is 19.1. The van der Waals surface area contributed by atoms with E-state index in [1.807, 2.05) is 22.9 Å². The fourth-order valence-corrected chi connectivity index (χ4v) is 3.98. The molecule has 27 heavy (non-hydrogen) atoms. The Labute approximate surface area is 163 Å². The van der Waals surface area contributed by atoms with Gasteiger partial charge in [-0.25, -0.2) is 4.68 Å². The summed E-state index contributed by atoms with van der Waals surface area (Å²) in [5, 5.41) is 15.0. The van der Waals surface area contributed by atoms with Crippen LogP contribution in [0.5, 0.6) is 11.5 Å². The Morgan fingerprint density at radius 1 is 1.26 bits per heavy atom. The summed E-state index contributed by atoms with van der Waals surface area (Å²) in [6.45, 7) is 0.444. The van der Waals surface area contributed by atoms with Gasteiger partial charge in [0.15, 0.2) is 17.3 Å². The Hall–Kier alpha value is -2.29. The summed E-state index contributed by atoms with van der Waals surface area (Å²) >= 11 is 1.52.